The van der Waals surface area contributed by atoms with Crippen LogP contribution in [0.1, 0.15) is 5.56 Å². The lowest BCUT2D eigenvalue weighted by Gasteiger charge is -2.11. The summed E-state index contributed by atoms with van der Waals surface area (Å²) < 4.78 is 8.67. The Morgan fingerprint density at radius 1 is 1.17 bits per heavy atom. The van der Waals surface area contributed by atoms with Crippen LogP contribution in [0.5, 0.6) is 5.75 Å². The van der Waals surface area contributed by atoms with Gasteiger partial charge >= 0.3 is 0 Å². The van der Waals surface area contributed by atoms with Crippen molar-refractivity contribution in [2.45, 2.75) is 6.54 Å². The standard InChI is InChI=1S/C17H14N4O2/c1-23-15-5-3-2-4-12(15)11-20-9-7-14-13(17(20)22)10-18-16-6-8-19-21(14)16/h2-10H,11H2,1H3. The third-order valence-corrected chi connectivity index (χ3v) is 3.89. The molecule has 0 saturated heterocycles. The van der Waals surface area contributed by atoms with Crippen LogP contribution in [0.15, 0.2) is 59.8 Å². The summed E-state index contributed by atoms with van der Waals surface area (Å²) >= 11 is 0. The Morgan fingerprint density at radius 2 is 2.04 bits per heavy atom. The molecule has 0 N–H and O–H groups in total. The van der Waals surface area contributed by atoms with Gasteiger partial charge in [-0.1, -0.05) is 18.2 Å². The molecule has 3 heterocycles. The lowest BCUT2D eigenvalue weighted by Crippen LogP contribution is -2.21. The van der Waals surface area contributed by atoms with Crippen molar-refractivity contribution in [1.29, 1.82) is 0 Å². The molecule has 0 amide bonds. The van der Waals surface area contributed by atoms with Crippen LogP contribution in [-0.2, 0) is 6.54 Å². The highest BCUT2D eigenvalue weighted by atomic mass is 16.5. The van der Waals surface area contributed by atoms with E-state index in [2.05, 4.69) is 10.1 Å². The fourth-order valence-corrected chi connectivity index (χ4v) is 2.74. The van der Waals surface area contributed by atoms with Crippen LogP contribution < -0.4 is 10.3 Å². The van der Waals surface area contributed by atoms with Crippen LogP contribution >= 0.6 is 0 Å². The number of hydrogen-bond acceptors (Lipinski definition) is 4. The first-order chi connectivity index (χ1) is 11.3. The fourth-order valence-electron chi connectivity index (χ4n) is 2.74. The van der Waals surface area contributed by atoms with Gasteiger partial charge in [0.25, 0.3) is 5.56 Å². The van der Waals surface area contributed by atoms with Gasteiger partial charge in [-0.15, -0.1) is 0 Å². The van der Waals surface area contributed by atoms with Crippen molar-refractivity contribution in [3.8, 4) is 5.75 Å². The molecule has 0 radical (unpaired) electrons. The van der Waals surface area contributed by atoms with Gasteiger partial charge in [0.1, 0.15) is 5.75 Å². The molecule has 4 rings (SSSR count). The first-order valence-corrected chi connectivity index (χ1v) is 7.22. The number of nitrogens with zero attached hydrogens (tertiary/aromatic N) is 4. The molecule has 0 atom stereocenters. The van der Waals surface area contributed by atoms with Crippen LogP contribution in [0.2, 0.25) is 0 Å². The number of para-hydroxylation sites is 1. The second-order valence-corrected chi connectivity index (χ2v) is 5.22. The Bertz CT molecular complexity index is 1070. The number of methoxy groups -OCH3 is 1. The lowest BCUT2D eigenvalue weighted by atomic mass is 10.2. The van der Waals surface area contributed by atoms with Gasteiger partial charge in [-0.3, -0.25) is 4.79 Å². The molecule has 6 heteroatoms. The predicted octanol–water partition coefficient (Wildman–Crippen LogP) is 2.10. The van der Waals surface area contributed by atoms with Crippen LogP contribution in [-0.4, -0.2) is 26.3 Å². The van der Waals surface area contributed by atoms with E-state index in [1.807, 2.05) is 30.3 Å². The van der Waals surface area contributed by atoms with Gasteiger partial charge in [0.2, 0.25) is 0 Å². The highest BCUT2D eigenvalue weighted by Gasteiger charge is 2.09. The Morgan fingerprint density at radius 3 is 2.91 bits per heavy atom. The lowest BCUT2D eigenvalue weighted by molar-refractivity contribution is 0.408. The summed E-state index contributed by atoms with van der Waals surface area (Å²) in [5.74, 6) is 0.764. The number of rotatable bonds is 3. The van der Waals surface area contributed by atoms with E-state index in [1.54, 1.807) is 40.8 Å². The summed E-state index contributed by atoms with van der Waals surface area (Å²) in [7, 11) is 1.63. The van der Waals surface area contributed by atoms with Crippen LogP contribution in [0.25, 0.3) is 16.6 Å². The largest absolute Gasteiger partial charge is 0.496 e. The van der Waals surface area contributed by atoms with Crippen molar-refractivity contribution >= 4 is 16.6 Å². The van der Waals surface area contributed by atoms with Crippen molar-refractivity contribution in [2.75, 3.05) is 7.11 Å². The maximum absolute atomic E-state index is 12.7. The van der Waals surface area contributed by atoms with Crippen molar-refractivity contribution in [2.24, 2.45) is 0 Å². The van der Waals surface area contributed by atoms with Crippen molar-refractivity contribution in [1.82, 2.24) is 19.2 Å². The highest BCUT2D eigenvalue weighted by Crippen LogP contribution is 2.18. The minimum Gasteiger partial charge on any atom is -0.496 e. The van der Waals surface area contributed by atoms with E-state index < -0.39 is 0 Å². The third kappa shape index (κ3) is 2.15. The number of aromatic nitrogens is 4. The molecule has 0 aliphatic carbocycles. The summed E-state index contributed by atoms with van der Waals surface area (Å²) in [5, 5.41) is 4.76. The molecule has 0 spiro atoms. The monoisotopic (exact) mass is 306 g/mol. The number of fused-ring (bicyclic) bond motifs is 3. The molecule has 3 aromatic heterocycles. The second kappa shape index (κ2) is 5.24. The van der Waals surface area contributed by atoms with Crippen LogP contribution in [0.3, 0.4) is 0 Å². The molecule has 6 nitrogen and oxygen atoms in total. The van der Waals surface area contributed by atoms with E-state index in [-0.39, 0.29) is 5.56 Å². The fraction of sp³-hybridized carbons (Fsp3) is 0.118. The molecule has 0 saturated carbocycles. The van der Waals surface area contributed by atoms with Crippen molar-refractivity contribution in [3.63, 3.8) is 0 Å². The average Bonchev–Trinajstić information content (AvgIpc) is 3.06. The first kappa shape index (κ1) is 13.5. The van der Waals surface area contributed by atoms with E-state index in [0.29, 0.717) is 11.9 Å². The van der Waals surface area contributed by atoms with E-state index >= 15 is 0 Å². The van der Waals surface area contributed by atoms with E-state index in [1.165, 1.54) is 0 Å². The van der Waals surface area contributed by atoms with Crippen LogP contribution in [0.4, 0.5) is 0 Å². The summed E-state index contributed by atoms with van der Waals surface area (Å²) in [4.78, 5) is 17.0. The summed E-state index contributed by atoms with van der Waals surface area (Å²) in [6.07, 6.45) is 5.05. The second-order valence-electron chi connectivity index (χ2n) is 5.22. The van der Waals surface area contributed by atoms with Crippen LogP contribution in [0, 0.1) is 0 Å². The minimum absolute atomic E-state index is 0.0988. The Hall–Kier alpha value is -3.15. The topological polar surface area (TPSA) is 61.4 Å². The van der Waals surface area contributed by atoms with Gasteiger partial charge in [-0.05, 0) is 12.1 Å². The Balaban J connectivity index is 1.87. The molecule has 114 valence electrons. The zero-order valence-corrected chi connectivity index (χ0v) is 12.5. The molecule has 4 aromatic rings. The van der Waals surface area contributed by atoms with E-state index in [4.69, 9.17) is 4.74 Å². The smallest absolute Gasteiger partial charge is 0.261 e. The molecule has 0 bridgehead atoms. The number of hydrogen-bond donors (Lipinski definition) is 0. The number of ether oxygens (including phenoxy) is 1. The van der Waals surface area contributed by atoms with Gasteiger partial charge < -0.3 is 9.30 Å². The van der Waals surface area contributed by atoms with Gasteiger partial charge in [0.05, 0.1) is 30.8 Å². The molecule has 0 aliphatic rings. The number of pyridine rings is 1. The Kier molecular flexibility index (Phi) is 3.08. The van der Waals surface area contributed by atoms with Gasteiger partial charge in [0.15, 0.2) is 5.65 Å². The zero-order chi connectivity index (χ0) is 15.8. The summed E-state index contributed by atoms with van der Waals surface area (Å²) in [5.41, 5.74) is 2.32. The molecule has 0 aliphatic heterocycles. The predicted molar refractivity (Wildman–Crippen MR) is 86.8 cm³/mol. The quantitative estimate of drug-likeness (QED) is 0.581. The SMILES string of the molecule is COc1ccccc1Cn1ccc2c(cnc3ccnn32)c1=O. The summed E-state index contributed by atoms with van der Waals surface area (Å²) in [6, 6.07) is 11.4. The van der Waals surface area contributed by atoms with Crippen molar-refractivity contribution < 1.29 is 4.74 Å². The normalized spacial score (nSPS) is 11.2. The zero-order valence-electron chi connectivity index (χ0n) is 12.5. The highest BCUT2D eigenvalue weighted by molar-refractivity contribution is 5.79. The van der Waals surface area contributed by atoms with E-state index in [9.17, 15) is 4.79 Å². The summed E-state index contributed by atoms with van der Waals surface area (Å²) in [6.45, 7) is 0.440. The number of benzene rings is 1. The van der Waals surface area contributed by atoms with Gasteiger partial charge in [-0.25, -0.2) is 9.50 Å². The van der Waals surface area contributed by atoms with Gasteiger partial charge in [-0.2, -0.15) is 5.10 Å². The van der Waals surface area contributed by atoms with Gasteiger partial charge in [0, 0.05) is 24.0 Å². The third-order valence-electron chi connectivity index (χ3n) is 3.89. The maximum Gasteiger partial charge on any atom is 0.261 e. The average molecular weight is 306 g/mol. The molecule has 1 aromatic carbocycles. The first-order valence-electron chi connectivity index (χ1n) is 7.22. The minimum atomic E-state index is -0.0988. The Labute approximate surface area is 131 Å². The molecular weight excluding hydrogens is 292 g/mol. The van der Waals surface area contributed by atoms with E-state index in [0.717, 1.165) is 22.5 Å². The molecule has 23 heavy (non-hydrogen) atoms. The van der Waals surface area contributed by atoms with Crippen molar-refractivity contribution in [3.05, 3.63) is 70.9 Å². The molecule has 0 unspecified atom stereocenters. The molecular formula is C17H14N4O2. The molecule has 0 fully saturated rings. The maximum atomic E-state index is 12.7.